The van der Waals surface area contributed by atoms with Crippen molar-refractivity contribution in [3.63, 3.8) is 0 Å². The van der Waals surface area contributed by atoms with Crippen LogP contribution in [0.4, 0.5) is 0 Å². The van der Waals surface area contributed by atoms with Crippen molar-refractivity contribution in [1.29, 1.82) is 0 Å². The first-order valence-electron chi connectivity index (χ1n) is 4.26. The molecule has 1 unspecified atom stereocenters. The van der Waals surface area contributed by atoms with Crippen LogP contribution in [0.3, 0.4) is 0 Å². The molecule has 0 spiro atoms. The fraction of sp³-hybridized carbons (Fsp3) is 0.300. The number of nitrogens with one attached hydrogen (secondary N) is 1. The third-order valence-corrected chi connectivity index (χ3v) is 2.25. The molecule has 1 atom stereocenters. The van der Waals surface area contributed by atoms with Gasteiger partial charge in [-0.25, -0.2) is 0 Å². The first kappa shape index (κ1) is 11.3. The maximum Gasteiger partial charge on any atom is 0.207 e. The first-order valence-corrected chi connectivity index (χ1v) is 5.02. The van der Waals surface area contributed by atoms with E-state index >= 15 is 0 Å². The largest absolute Gasteiger partial charge is 0.356 e. The molecule has 1 aromatic rings. The molecule has 4 heteroatoms. The molecular weight excluding hydrogens is 221 g/mol. The number of rotatable bonds is 4. The van der Waals surface area contributed by atoms with Gasteiger partial charge in [-0.15, -0.1) is 0 Å². The second-order valence-corrected chi connectivity index (χ2v) is 4.04. The highest BCUT2D eigenvalue weighted by Crippen LogP contribution is 2.19. The second-order valence-electron chi connectivity index (χ2n) is 3.17. The molecule has 0 aliphatic heterocycles. The van der Waals surface area contributed by atoms with Crippen molar-refractivity contribution in [3.05, 3.63) is 33.8 Å². The van der Waals surface area contributed by atoms with E-state index in [2.05, 4.69) is 5.32 Å². The SMILES string of the molecule is CC(Cc1cc(Cl)cc(Cl)c1)NC=O. The number of carbonyl (C=O) groups excluding carboxylic acids is 1. The summed E-state index contributed by atoms with van der Waals surface area (Å²) in [5, 5.41) is 3.90. The molecule has 0 fully saturated rings. The van der Waals surface area contributed by atoms with Gasteiger partial charge in [0.25, 0.3) is 0 Å². The number of amides is 1. The minimum absolute atomic E-state index is 0.0852. The third-order valence-electron chi connectivity index (χ3n) is 1.82. The Kier molecular flexibility index (Phi) is 4.23. The molecule has 0 radical (unpaired) electrons. The van der Waals surface area contributed by atoms with E-state index in [4.69, 9.17) is 23.2 Å². The quantitative estimate of drug-likeness (QED) is 0.794. The van der Waals surface area contributed by atoms with E-state index in [-0.39, 0.29) is 6.04 Å². The lowest BCUT2D eigenvalue weighted by molar-refractivity contribution is -0.110. The van der Waals surface area contributed by atoms with Gasteiger partial charge in [-0.3, -0.25) is 4.79 Å². The molecule has 0 heterocycles. The van der Waals surface area contributed by atoms with Crippen LogP contribution < -0.4 is 5.32 Å². The summed E-state index contributed by atoms with van der Waals surface area (Å²) in [5.74, 6) is 0. The van der Waals surface area contributed by atoms with Crippen molar-refractivity contribution in [2.45, 2.75) is 19.4 Å². The molecule has 2 nitrogen and oxygen atoms in total. The molecule has 1 N–H and O–H groups in total. The summed E-state index contributed by atoms with van der Waals surface area (Å²) >= 11 is 11.7. The first-order chi connectivity index (χ1) is 6.61. The van der Waals surface area contributed by atoms with Crippen LogP contribution in [0.1, 0.15) is 12.5 Å². The van der Waals surface area contributed by atoms with Gasteiger partial charge in [-0.05, 0) is 37.1 Å². The zero-order chi connectivity index (χ0) is 10.6. The Morgan fingerprint density at radius 2 is 1.93 bits per heavy atom. The van der Waals surface area contributed by atoms with E-state index in [0.717, 1.165) is 12.0 Å². The summed E-state index contributed by atoms with van der Waals surface area (Å²) in [5.41, 5.74) is 1.02. The van der Waals surface area contributed by atoms with E-state index in [9.17, 15) is 4.79 Å². The summed E-state index contributed by atoms with van der Waals surface area (Å²) in [6, 6.07) is 5.46. The van der Waals surface area contributed by atoms with Gasteiger partial charge in [0.1, 0.15) is 0 Å². The van der Waals surface area contributed by atoms with Crippen molar-refractivity contribution in [3.8, 4) is 0 Å². The lowest BCUT2D eigenvalue weighted by atomic mass is 10.1. The number of benzene rings is 1. The normalized spacial score (nSPS) is 12.2. The Bertz CT molecular complexity index is 308. The van der Waals surface area contributed by atoms with E-state index in [1.807, 2.05) is 19.1 Å². The van der Waals surface area contributed by atoms with E-state index in [0.29, 0.717) is 16.5 Å². The number of hydrogen-bond donors (Lipinski definition) is 1. The molecule has 76 valence electrons. The van der Waals surface area contributed by atoms with Crippen LogP contribution in [0.5, 0.6) is 0 Å². The number of hydrogen-bond acceptors (Lipinski definition) is 1. The van der Waals surface area contributed by atoms with Crippen LogP contribution in [0.2, 0.25) is 10.0 Å². The summed E-state index contributed by atoms with van der Waals surface area (Å²) in [6.45, 7) is 1.92. The molecule has 0 aliphatic rings. The van der Waals surface area contributed by atoms with Crippen LogP contribution in [-0.4, -0.2) is 12.5 Å². The van der Waals surface area contributed by atoms with Gasteiger partial charge in [0.2, 0.25) is 6.41 Å². The molecule has 0 saturated heterocycles. The van der Waals surface area contributed by atoms with Crippen LogP contribution in [-0.2, 0) is 11.2 Å². The van der Waals surface area contributed by atoms with Crippen molar-refractivity contribution >= 4 is 29.6 Å². The van der Waals surface area contributed by atoms with E-state index in [1.54, 1.807) is 6.07 Å². The summed E-state index contributed by atoms with van der Waals surface area (Å²) in [6.07, 6.45) is 1.41. The highest BCUT2D eigenvalue weighted by molar-refractivity contribution is 6.34. The van der Waals surface area contributed by atoms with Gasteiger partial charge < -0.3 is 5.32 Å². The Labute approximate surface area is 93.2 Å². The lowest BCUT2D eigenvalue weighted by Gasteiger charge is -2.10. The lowest BCUT2D eigenvalue weighted by Crippen LogP contribution is -2.26. The standard InChI is InChI=1S/C10H11Cl2NO/c1-7(13-6-14)2-8-3-9(11)5-10(12)4-8/h3-7H,2H2,1H3,(H,13,14). The molecule has 14 heavy (non-hydrogen) atoms. The van der Waals surface area contributed by atoms with Gasteiger partial charge in [0.05, 0.1) is 0 Å². The zero-order valence-corrected chi connectivity index (χ0v) is 9.27. The molecule has 0 bridgehead atoms. The van der Waals surface area contributed by atoms with Gasteiger partial charge in [-0.1, -0.05) is 23.2 Å². The molecule has 0 aliphatic carbocycles. The van der Waals surface area contributed by atoms with Gasteiger partial charge in [0.15, 0.2) is 0 Å². The molecule has 0 saturated carbocycles. The van der Waals surface area contributed by atoms with Crippen molar-refractivity contribution in [2.24, 2.45) is 0 Å². The van der Waals surface area contributed by atoms with Crippen LogP contribution in [0, 0.1) is 0 Å². The Hall–Kier alpha value is -0.730. The molecule has 1 rings (SSSR count). The summed E-state index contributed by atoms with van der Waals surface area (Å²) in [4.78, 5) is 10.2. The van der Waals surface area contributed by atoms with Crippen LogP contribution in [0.25, 0.3) is 0 Å². The summed E-state index contributed by atoms with van der Waals surface area (Å²) in [7, 11) is 0. The Morgan fingerprint density at radius 1 is 1.36 bits per heavy atom. The van der Waals surface area contributed by atoms with Crippen LogP contribution >= 0.6 is 23.2 Å². The van der Waals surface area contributed by atoms with E-state index in [1.165, 1.54) is 0 Å². The average molecular weight is 232 g/mol. The Morgan fingerprint density at radius 3 is 2.43 bits per heavy atom. The van der Waals surface area contributed by atoms with Crippen molar-refractivity contribution < 1.29 is 4.79 Å². The zero-order valence-electron chi connectivity index (χ0n) is 7.76. The minimum Gasteiger partial charge on any atom is -0.356 e. The molecule has 0 aromatic heterocycles. The highest BCUT2D eigenvalue weighted by atomic mass is 35.5. The number of halogens is 2. The van der Waals surface area contributed by atoms with Gasteiger partial charge >= 0.3 is 0 Å². The van der Waals surface area contributed by atoms with Gasteiger partial charge in [0, 0.05) is 16.1 Å². The predicted octanol–water partition coefficient (Wildman–Crippen LogP) is 2.67. The number of carbonyl (C=O) groups is 1. The van der Waals surface area contributed by atoms with Crippen LogP contribution in [0.15, 0.2) is 18.2 Å². The molecule has 1 amide bonds. The third kappa shape index (κ3) is 3.56. The van der Waals surface area contributed by atoms with Gasteiger partial charge in [-0.2, -0.15) is 0 Å². The van der Waals surface area contributed by atoms with Crippen molar-refractivity contribution in [1.82, 2.24) is 5.32 Å². The smallest absolute Gasteiger partial charge is 0.207 e. The predicted molar refractivity (Wildman–Crippen MR) is 58.8 cm³/mol. The Balaban J connectivity index is 2.71. The van der Waals surface area contributed by atoms with Crippen molar-refractivity contribution in [2.75, 3.05) is 0 Å². The minimum atomic E-state index is 0.0852. The highest BCUT2D eigenvalue weighted by Gasteiger charge is 2.03. The van der Waals surface area contributed by atoms with E-state index < -0.39 is 0 Å². The maximum atomic E-state index is 10.2. The fourth-order valence-corrected chi connectivity index (χ4v) is 1.83. The molecule has 1 aromatic carbocycles. The maximum absolute atomic E-state index is 10.2. The summed E-state index contributed by atoms with van der Waals surface area (Å²) < 4.78 is 0. The topological polar surface area (TPSA) is 29.1 Å². The average Bonchev–Trinajstić information content (AvgIpc) is 2.01. The second kappa shape index (κ2) is 5.23. The fourth-order valence-electron chi connectivity index (χ4n) is 1.26. The molecular formula is C10H11Cl2NO. The monoisotopic (exact) mass is 231 g/mol.